The van der Waals surface area contributed by atoms with E-state index < -0.39 is 0 Å². The molecule has 14 heavy (non-hydrogen) atoms. The highest BCUT2D eigenvalue weighted by molar-refractivity contribution is 5.73. The van der Waals surface area contributed by atoms with Crippen LogP contribution in [-0.4, -0.2) is 12.6 Å². The molecule has 0 aromatic heterocycles. The summed E-state index contributed by atoms with van der Waals surface area (Å²) in [6.45, 7) is 5.36. The van der Waals surface area contributed by atoms with Crippen molar-refractivity contribution in [2.75, 3.05) is 6.54 Å². The zero-order chi connectivity index (χ0) is 9.54. The second kappa shape index (κ2) is 2.96. The Bertz CT molecular complexity index is 381. The monoisotopic (exact) mass is 185 g/mol. The fourth-order valence-corrected chi connectivity index (χ4v) is 2.80. The number of hydrogen-bond acceptors (Lipinski definition) is 1. The van der Waals surface area contributed by atoms with Gasteiger partial charge >= 0.3 is 0 Å². The Labute approximate surface area is 84.8 Å². The van der Waals surface area contributed by atoms with E-state index in [9.17, 15) is 0 Å². The summed E-state index contributed by atoms with van der Waals surface area (Å²) in [6, 6.07) is 9.28. The molecule has 1 N–H and O–H groups in total. The predicted molar refractivity (Wildman–Crippen MR) is 59.2 cm³/mol. The van der Waals surface area contributed by atoms with Gasteiger partial charge in [0.05, 0.1) is 0 Å². The molecule has 0 radical (unpaired) electrons. The van der Waals surface area contributed by atoms with E-state index in [4.69, 9.17) is 0 Å². The highest BCUT2D eigenvalue weighted by Crippen LogP contribution is 2.41. The van der Waals surface area contributed by atoms with Crippen molar-refractivity contribution in [1.82, 2.24) is 5.32 Å². The van der Waals surface area contributed by atoms with Crippen LogP contribution in [-0.2, 0) is 0 Å². The first-order valence-corrected chi connectivity index (χ1v) is 5.38. The number of nitrogens with one attached hydrogen (secondary N) is 1. The van der Waals surface area contributed by atoms with Crippen molar-refractivity contribution in [3.05, 3.63) is 42.0 Å². The standard InChI is InChI=1S/C13H15N/c1-9-11-4-2-3-5-12(11)10-6-7-14-13(9)8-10/h2-5,10,13-14H,1,6-8H2. The Hall–Kier alpha value is -1.08. The summed E-state index contributed by atoms with van der Waals surface area (Å²) in [4.78, 5) is 0. The molecule has 2 bridgehead atoms. The maximum atomic E-state index is 4.21. The molecular formula is C13H15N. The summed E-state index contributed by atoms with van der Waals surface area (Å²) in [6.07, 6.45) is 2.52. The average molecular weight is 185 g/mol. The van der Waals surface area contributed by atoms with Crippen LogP contribution in [0.3, 0.4) is 0 Å². The van der Waals surface area contributed by atoms with Gasteiger partial charge in [-0.15, -0.1) is 0 Å². The Kier molecular flexibility index (Phi) is 1.74. The Morgan fingerprint density at radius 2 is 2.14 bits per heavy atom. The summed E-state index contributed by atoms with van der Waals surface area (Å²) in [7, 11) is 0. The second-order valence-electron chi connectivity index (χ2n) is 4.34. The van der Waals surface area contributed by atoms with Crippen molar-refractivity contribution in [3.63, 3.8) is 0 Å². The quantitative estimate of drug-likeness (QED) is 0.655. The third kappa shape index (κ3) is 1.05. The van der Waals surface area contributed by atoms with E-state index in [2.05, 4.69) is 36.2 Å². The smallest absolute Gasteiger partial charge is 0.0326 e. The zero-order valence-corrected chi connectivity index (χ0v) is 8.29. The van der Waals surface area contributed by atoms with E-state index in [1.807, 2.05) is 0 Å². The third-order valence-electron chi connectivity index (χ3n) is 3.57. The minimum atomic E-state index is 0.531. The average Bonchev–Trinajstić information content (AvgIpc) is 2.27. The molecule has 1 saturated heterocycles. The highest BCUT2D eigenvalue weighted by Gasteiger charge is 2.31. The van der Waals surface area contributed by atoms with E-state index in [-0.39, 0.29) is 0 Å². The fourth-order valence-electron chi connectivity index (χ4n) is 2.80. The Balaban J connectivity index is 2.15. The summed E-state index contributed by atoms with van der Waals surface area (Å²) in [5.74, 6) is 0.767. The van der Waals surface area contributed by atoms with Gasteiger partial charge in [0.15, 0.2) is 0 Å². The van der Waals surface area contributed by atoms with Gasteiger partial charge in [0.25, 0.3) is 0 Å². The van der Waals surface area contributed by atoms with Crippen LogP contribution >= 0.6 is 0 Å². The van der Waals surface area contributed by atoms with Gasteiger partial charge in [0, 0.05) is 6.04 Å². The van der Waals surface area contributed by atoms with E-state index >= 15 is 0 Å². The van der Waals surface area contributed by atoms with Crippen molar-refractivity contribution < 1.29 is 0 Å². The molecule has 2 aliphatic rings. The minimum Gasteiger partial charge on any atom is -0.310 e. The van der Waals surface area contributed by atoms with Crippen molar-refractivity contribution in [2.45, 2.75) is 24.8 Å². The van der Waals surface area contributed by atoms with Gasteiger partial charge in [-0.1, -0.05) is 30.8 Å². The molecule has 2 atom stereocenters. The summed E-state index contributed by atoms with van der Waals surface area (Å²) < 4.78 is 0. The van der Waals surface area contributed by atoms with Gasteiger partial charge in [-0.2, -0.15) is 0 Å². The van der Waals surface area contributed by atoms with Gasteiger partial charge in [-0.25, -0.2) is 0 Å². The number of benzene rings is 1. The van der Waals surface area contributed by atoms with Crippen LogP contribution in [0.25, 0.3) is 5.57 Å². The molecule has 0 spiro atoms. The maximum Gasteiger partial charge on any atom is 0.0326 e. The molecule has 1 aliphatic carbocycles. The number of rotatable bonds is 0. The molecule has 1 aliphatic heterocycles. The van der Waals surface area contributed by atoms with Crippen LogP contribution in [0.2, 0.25) is 0 Å². The number of hydrogen-bond donors (Lipinski definition) is 1. The first-order chi connectivity index (χ1) is 6.86. The van der Waals surface area contributed by atoms with Crippen molar-refractivity contribution in [3.8, 4) is 0 Å². The van der Waals surface area contributed by atoms with Gasteiger partial charge < -0.3 is 5.32 Å². The van der Waals surface area contributed by atoms with Crippen LogP contribution in [0.15, 0.2) is 30.8 Å². The highest BCUT2D eigenvalue weighted by atomic mass is 14.9. The molecular weight excluding hydrogens is 170 g/mol. The molecule has 0 amide bonds. The van der Waals surface area contributed by atoms with Gasteiger partial charge in [0.1, 0.15) is 0 Å². The van der Waals surface area contributed by atoms with E-state index in [0.29, 0.717) is 6.04 Å². The predicted octanol–water partition coefficient (Wildman–Crippen LogP) is 2.55. The van der Waals surface area contributed by atoms with Gasteiger partial charge in [-0.05, 0) is 42.0 Å². The van der Waals surface area contributed by atoms with Crippen LogP contribution in [0, 0.1) is 0 Å². The first-order valence-electron chi connectivity index (χ1n) is 5.38. The van der Waals surface area contributed by atoms with Crippen molar-refractivity contribution in [2.24, 2.45) is 0 Å². The van der Waals surface area contributed by atoms with E-state index in [1.165, 1.54) is 29.5 Å². The van der Waals surface area contributed by atoms with Crippen LogP contribution < -0.4 is 5.32 Å². The van der Waals surface area contributed by atoms with Crippen LogP contribution in [0.5, 0.6) is 0 Å². The van der Waals surface area contributed by atoms with Crippen LogP contribution in [0.4, 0.5) is 0 Å². The van der Waals surface area contributed by atoms with Gasteiger partial charge in [0.2, 0.25) is 0 Å². The lowest BCUT2D eigenvalue weighted by Crippen LogP contribution is -2.40. The first kappa shape index (κ1) is 8.25. The molecule has 1 aromatic carbocycles. The van der Waals surface area contributed by atoms with Crippen molar-refractivity contribution in [1.29, 1.82) is 0 Å². The largest absolute Gasteiger partial charge is 0.310 e. The molecule has 0 saturated carbocycles. The van der Waals surface area contributed by atoms with Gasteiger partial charge in [-0.3, -0.25) is 0 Å². The summed E-state index contributed by atoms with van der Waals surface area (Å²) >= 11 is 0. The maximum absolute atomic E-state index is 4.21. The van der Waals surface area contributed by atoms with Crippen LogP contribution in [0.1, 0.15) is 29.9 Å². The second-order valence-corrected chi connectivity index (χ2v) is 4.34. The molecule has 3 rings (SSSR count). The van der Waals surface area contributed by atoms with E-state index in [0.717, 1.165) is 12.5 Å². The Morgan fingerprint density at radius 1 is 1.29 bits per heavy atom. The number of piperidine rings is 1. The molecule has 1 heteroatoms. The number of fused-ring (bicyclic) bond motifs is 4. The SMILES string of the molecule is C=C1c2ccccc2C2CCNC1C2. The molecule has 1 fully saturated rings. The van der Waals surface area contributed by atoms with Crippen molar-refractivity contribution >= 4 is 5.57 Å². The summed E-state index contributed by atoms with van der Waals surface area (Å²) in [5.41, 5.74) is 4.20. The molecule has 1 nitrogen and oxygen atoms in total. The summed E-state index contributed by atoms with van der Waals surface area (Å²) in [5, 5.41) is 3.54. The molecule has 72 valence electrons. The zero-order valence-electron chi connectivity index (χ0n) is 8.29. The lowest BCUT2D eigenvalue weighted by Gasteiger charge is -2.38. The fraction of sp³-hybridized carbons (Fsp3) is 0.385. The third-order valence-corrected chi connectivity index (χ3v) is 3.57. The molecule has 1 aromatic rings. The van der Waals surface area contributed by atoms with E-state index in [1.54, 1.807) is 0 Å². The normalized spacial score (nSPS) is 29.9. The molecule has 1 heterocycles. The molecule has 2 unspecified atom stereocenters. The topological polar surface area (TPSA) is 12.0 Å². The Morgan fingerprint density at radius 3 is 3.07 bits per heavy atom. The minimum absolute atomic E-state index is 0.531. The lowest BCUT2D eigenvalue weighted by atomic mass is 9.74. The lowest BCUT2D eigenvalue weighted by molar-refractivity contribution is 0.401.